The summed E-state index contributed by atoms with van der Waals surface area (Å²) in [7, 11) is 3.72. The molecule has 0 radical (unpaired) electrons. The highest BCUT2D eigenvalue weighted by molar-refractivity contribution is 14.0. The number of hydrogen-bond donors (Lipinski definition) is 2. The van der Waals surface area contributed by atoms with Gasteiger partial charge in [0.15, 0.2) is 11.8 Å². The number of aryl methyl sites for hydroxylation is 1. The fourth-order valence-electron chi connectivity index (χ4n) is 1.75. The minimum absolute atomic E-state index is 0. The molecule has 0 bridgehead atoms. The van der Waals surface area contributed by atoms with Gasteiger partial charge in [-0.1, -0.05) is 6.07 Å². The molecular formula is C13H21IN6S. The van der Waals surface area contributed by atoms with Crippen molar-refractivity contribution in [2.45, 2.75) is 19.9 Å². The number of guanidine groups is 1. The fraction of sp³-hybridized carbons (Fsp3) is 0.462. The van der Waals surface area contributed by atoms with Crippen LogP contribution in [-0.2, 0) is 20.0 Å². The van der Waals surface area contributed by atoms with Crippen molar-refractivity contribution in [1.82, 2.24) is 25.4 Å². The summed E-state index contributed by atoms with van der Waals surface area (Å²) in [5, 5.41) is 16.8. The van der Waals surface area contributed by atoms with Gasteiger partial charge >= 0.3 is 0 Å². The summed E-state index contributed by atoms with van der Waals surface area (Å²) in [6, 6.07) is 4.22. The molecule has 0 aromatic carbocycles. The zero-order chi connectivity index (χ0) is 14.4. The monoisotopic (exact) mass is 420 g/mol. The number of nitrogens with one attached hydrogen (secondary N) is 2. The Morgan fingerprint density at radius 3 is 2.76 bits per heavy atom. The predicted octanol–water partition coefficient (Wildman–Crippen LogP) is 1.71. The number of nitrogens with zero attached hydrogens (tertiary/aromatic N) is 4. The summed E-state index contributed by atoms with van der Waals surface area (Å²) in [6.45, 7) is 3.40. The van der Waals surface area contributed by atoms with E-state index in [4.69, 9.17) is 0 Å². The van der Waals surface area contributed by atoms with E-state index in [1.807, 2.05) is 18.5 Å². The van der Waals surface area contributed by atoms with Gasteiger partial charge < -0.3 is 15.2 Å². The lowest BCUT2D eigenvalue weighted by Gasteiger charge is -2.11. The summed E-state index contributed by atoms with van der Waals surface area (Å²) < 4.78 is 1.96. The van der Waals surface area contributed by atoms with E-state index in [9.17, 15) is 0 Å². The lowest BCUT2D eigenvalue weighted by Crippen LogP contribution is -2.38. The van der Waals surface area contributed by atoms with Gasteiger partial charge in [0.25, 0.3) is 0 Å². The molecule has 2 aromatic rings. The maximum absolute atomic E-state index is 4.20. The molecule has 0 unspecified atom stereocenters. The smallest absolute Gasteiger partial charge is 0.191 e. The van der Waals surface area contributed by atoms with Gasteiger partial charge in [-0.05, 0) is 24.8 Å². The second-order valence-electron chi connectivity index (χ2n) is 4.40. The molecular weight excluding hydrogens is 399 g/mol. The Labute approximate surface area is 146 Å². The van der Waals surface area contributed by atoms with E-state index < -0.39 is 0 Å². The number of thiophene rings is 1. The van der Waals surface area contributed by atoms with Crippen molar-refractivity contribution in [3.8, 4) is 0 Å². The first-order valence-electron chi connectivity index (χ1n) is 6.52. The molecule has 0 spiro atoms. The molecule has 0 saturated carbocycles. The Morgan fingerprint density at radius 1 is 1.38 bits per heavy atom. The van der Waals surface area contributed by atoms with Crippen molar-refractivity contribution < 1.29 is 0 Å². The molecule has 6 nitrogen and oxygen atoms in total. The van der Waals surface area contributed by atoms with Gasteiger partial charge in [0.05, 0.1) is 6.54 Å². The van der Waals surface area contributed by atoms with Crippen molar-refractivity contribution in [2.75, 3.05) is 13.6 Å². The van der Waals surface area contributed by atoms with Crippen LogP contribution in [0.15, 0.2) is 22.5 Å². The van der Waals surface area contributed by atoms with Crippen LogP contribution in [0.4, 0.5) is 0 Å². The van der Waals surface area contributed by atoms with Gasteiger partial charge in [0, 0.05) is 25.5 Å². The van der Waals surface area contributed by atoms with E-state index in [0.29, 0.717) is 6.54 Å². The molecule has 0 atom stereocenters. The van der Waals surface area contributed by atoms with E-state index in [2.05, 4.69) is 43.3 Å². The topological polar surface area (TPSA) is 67.1 Å². The highest BCUT2D eigenvalue weighted by Crippen LogP contribution is 2.07. The third-order valence-corrected chi connectivity index (χ3v) is 4.00. The summed E-state index contributed by atoms with van der Waals surface area (Å²) >= 11 is 1.78. The molecule has 21 heavy (non-hydrogen) atoms. The predicted molar refractivity (Wildman–Crippen MR) is 97.4 cm³/mol. The lowest BCUT2D eigenvalue weighted by atomic mass is 10.3. The Bertz CT molecular complexity index is 563. The normalized spacial score (nSPS) is 11.1. The minimum Gasteiger partial charge on any atom is -0.356 e. The van der Waals surface area contributed by atoms with Crippen LogP contribution in [0.5, 0.6) is 0 Å². The van der Waals surface area contributed by atoms with E-state index in [-0.39, 0.29) is 24.0 Å². The average Bonchev–Trinajstić information content (AvgIpc) is 3.07. The van der Waals surface area contributed by atoms with Gasteiger partial charge in [-0.15, -0.1) is 45.5 Å². The van der Waals surface area contributed by atoms with Gasteiger partial charge in [-0.3, -0.25) is 4.99 Å². The summed E-state index contributed by atoms with van der Waals surface area (Å²) in [6.07, 6.45) is 1.00. The Balaban J connectivity index is 0.00000220. The molecule has 0 saturated heterocycles. The maximum atomic E-state index is 4.20. The Morgan fingerprint density at radius 2 is 2.19 bits per heavy atom. The van der Waals surface area contributed by atoms with Crippen LogP contribution >= 0.6 is 35.3 Å². The van der Waals surface area contributed by atoms with Gasteiger partial charge in [0.2, 0.25) is 0 Å². The molecule has 2 heterocycles. The van der Waals surface area contributed by atoms with Crippen LogP contribution in [0.25, 0.3) is 0 Å². The molecule has 0 aliphatic carbocycles. The molecule has 2 N–H and O–H groups in total. The first kappa shape index (κ1) is 17.9. The third-order valence-electron chi connectivity index (χ3n) is 3.06. The number of rotatable bonds is 5. The standard InChI is InChI=1S/C13H20N6S.HI/c1-10-17-18-12(19(10)3)9-16-13(14-2)15-7-6-11-5-4-8-20-11;/h4-5,8H,6-7,9H2,1-3H3,(H2,14,15,16);1H. The molecule has 0 fully saturated rings. The highest BCUT2D eigenvalue weighted by atomic mass is 127. The molecule has 2 rings (SSSR count). The molecule has 116 valence electrons. The van der Waals surface area contributed by atoms with Crippen LogP contribution in [0.3, 0.4) is 0 Å². The van der Waals surface area contributed by atoms with Crippen molar-refractivity contribution in [3.05, 3.63) is 34.0 Å². The quantitative estimate of drug-likeness (QED) is 0.439. The first-order valence-corrected chi connectivity index (χ1v) is 7.40. The van der Waals surface area contributed by atoms with Gasteiger partial charge in [-0.2, -0.15) is 0 Å². The molecule has 0 amide bonds. The number of hydrogen-bond acceptors (Lipinski definition) is 4. The van der Waals surface area contributed by atoms with Crippen molar-refractivity contribution in [1.29, 1.82) is 0 Å². The SMILES string of the molecule is CN=C(NCCc1cccs1)NCc1nnc(C)n1C.I. The van der Waals surface area contributed by atoms with Crippen molar-refractivity contribution in [2.24, 2.45) is 12.0 Å². The van der Waals surface area contributed by atoms with Crippen LogP contribution in [0.1, 0.15) is 16.5 Å². The highest BCUT2D eigenvalue weighted by Gasteiger charge is 2.05. The number of aliphatic imine (C=N–C) groups is 1. The minimum atomic E-state index is 0. The summed E-state index contributed by atoms with van der Waals surface area (Å²) in [5.41, 5.74) is 0. The lowest BCUT2D eigenvalue weighted by molar-refractivity contribution is 0.717. The van der Waals surface area contributed by atoms with Crippen LogP contribution < -0.4 is 10.6 Å². The van der Waals surface area contributed by atoms with E-state index >= 15 is 0 Å². The molecule has 2 aromatic heterocycles. The van der Waals surface area contributed by atoms with E-state index in [1.165, 1.54) is 4.88 Å². The average molecular weight is 420 g/mol. The Kier molecular flexibility index (Phi) is 7.65. The number of aromatic nitrogens is 3. The van der Waals surface area contributed by atoms with Gasteiger partial charge in [0.1, 0.15) is 5.82 Å². The summed E-state index contributed by atoms with van der Waals surface area (Å²) in [4.78, 5) is 5.57. The molecule has 0 aliphatic heterocycles. The van der Waals surface area contributed by atoms with Crippen molar-refractivity contribution >= 4 is 41.3 Å². The van der Waals surface area contributed by atoms with Crippen LogP contribution in [-0.4, -0.2) is 34.3 Å². The molecule has 8 heteroatoms. The van der Waals surface area contributed by atoms with E-state index in [0.717, 1.165) is 30.6 Å². The molecule has 0 aliphatic rings. The summed E-state index contributed by atoms with van der Waals surface area (Å²) in [5.74, 6) is 2.58. The van der Waals surface area contributed by atoms with Gasteiger partial charge in [-0.25, -0.2) is 0 Å². The largest absolute Gasteiger partial charge is 0.356 e. The second kappa shape index (κ2) is 8.98. The Hall–Kier alpha value is -1.16. The van der Waals surface area contributed by atoms with Crippen molar-refractivity contribution in [3.63, 3.8) is 0 Å². The van der Waals surface area contributed by atoms with Crippen LogP contribution in [0, 0.1) is 6.92 Å². The number of halogens is 1. The maximum Gasteiger partial charge on any atom is 0.191 e. The second-order valence-corrected chi connectivity index (χ2v) is 5.44. The van der Waals surface area contributed by atoms with E-state index in [1.54, 1.807) is 18.4 Å². The zero-order valence-electron chi connectivity index (χ0n) is 12.5. The third kappa shape index (κ3) is 5.27. The first-order chi connectivity index (χ1) is 9.70. The fourth-order valence-corrected chi connectivity index (χ4v) is 2.46. The zero-order valence-corrected chi connectivity index (χ0v) is 15.6. The van der Waals surface area contributed by atoms with Crippen LogP contribution in [0.2, 0.25) is 0 Å².